The van der Waals surface area contributed by atoms with Gasteiger partial charge in [-0.25, -0.2) is 4.79 Å². The normalized spacial score (nSPS) is 10.5. The molecule has 0 aliphatic rings. The summed E-state index contributed by atoms with van der Waals surface area (Å²) in [6, 6.07) is 0.0677. The van der Waals surface area contributed by atoms with Crippen LogP contribution in [0.3, 0.4) is 0 Å². The minimum Gasteiger partial charge on any atom is -0.338 e. The van der Waals surface area contributed by atoms with Crippen molar-refractivity contribution in [1.82, 2.24) is 15.1 Å². The van der Waals surface area contributed by atoms with Crippen LogP contribution >= 0.6 is 0 Å². The Morgan fingerprint density at radius 3 is 2.33 bits per heavy atom. The Bertz CT molecular complexity index is 171. The van der Waals surface area contributed by atoms with Gasteiger partial charge in [0.15, 0.2) is 0 Å². The van der Waals surface area contributed by atoms with Crippen LogP contribution in [0.5, 0.6) is 0 Å². The standard InChI is InChI=1S/C11H25N3O/c1-5-8-12-11(15)14(6-2)10-7-9-13(3)4/h5-10H2,1-4H3,(H,12,15). The number of nitrogens with one attached hydrogen (secondary N) is 1. The van der Waals surface area contributed by atoms with Gasteiger partial charge in [-0.1, -0.05) is 6.92 Å². The van der Waals surface area contributed by atoms with E-state index in [0.717, 1.165) is 39.0 Å². The molecule has 15 heavy (non-hydrogen) atoms. The molecule has 0 rings (SSSR count). The van der Waals surface area contributed by atoms with Crippen LogP contribution in [0.4, 0.5) is 4.79 Å². The molecular formula is C11H25N3O. The van der Waals surface area contributed by atoms with E-state index < -0.39 is 0 Å². The summed E-state index contributed by atoms with van der Waals surface area (Å²) in [5, 5.41) is 2.89. The average Bonchev–Trinajstić information content (AvgIpc) is 2.20. The Balaban J connectivity index is 3.75. The van der Waals surface area contributed by atoms with Crippen LogP contribution in [0.2, 0.25) is 0 Å². The van der Waals surface area contributed by atoms with Crippen LogP contribution in [-0.4, -0.2) is 56.1 Å². The van der Waals surface area contributed by atoms with Crippen molar-refractivity contribution in [3.63, 3.8) is 0 Å². The molecule has 0 bridgehead atoms. The molecule has 0 spiro atoms. The molecule has 2 amide bonds. The SMILES string of the molecule is CCCNC(=O)N(CC)CCCN(C)C. The number of hydrogen-bond donors (Lipinski definition) is 1. The smallest absolute Gasteiger partial charge is 0.317 e. The number of nitrogens with zero attached hydrogens (tertiary/aromatic N) is 2. The Morgan fingerprint density at radius 1 is 1.20 bits per heavy atom. The van der Waals surface area contributed by atoms with Gasteiger partial charge in [-0.15, -0.1) is 0 Å². The predicted molar refractivity (Wildman–Crippen MR) is 64.1 cm³/mol. The van der Waals surface area contributed by atoms with Gasteiger partial charge in [0.1, 0.15) is 0 Å². The fraction of sp³-hybridized carbons (Fsp3) is 0.909. The lowest BCUT2D eigenvalue weighted by Gasteiger charge is -2.22. The summed E-state index contributed by atoms with van der Waals surface area (Å²) < 4.78 is 0. The van der Waals surface area contributed by atoms with Crippen molar-refractivity contribution >= 4 is 6.03 Å². The molecule has 0 aromatic carbocycles. The van der Waals surface area contributed by atoms with E-state index in [2.05, 4.69) is 17.1 Å². The zero-order valence-corrected chi connectivity index (χ0v) is 10.5. The lowest BCUT2D eigenvalue weighted by molar-refractivity contribution is 0.197. The largest absolute Gasteiger partial charge is 0.338 e. The van der Waals surface area contributed by atoms with Gasteiger partial charge >= 0.3 is 6.03 Å². The fourth-order valence-electron chi connectivity index (χ4n) is 1.32. The Kier molecular flexibility index (Phi) is 8.09. The van der Waals surface area contributed by atoms with Gasteiger partial charge in [0.05, 0.1) is 0 Å². The third kappa shape index (κ3) is 7.19. The highest BCUT2D eigenvalue weighted by Crippen LogP contribution is 1.93. The van der Waals surface area contributed by atoms with E-state index in [1.54, 1.807) is 0 Å². The van der Waals surface area contributed by atoms with Crippen molar-refractivity contribution < 1.29 is 4.79 Å². The topological polar surface area (TPSA) is 35.6 Å². The molecule has 0 fully saturated rings. The number of urea groups is 1. The summed E-state index contributed by atoms with van der Waals surface area (Å²) in [6.45, 7) is 7.48. The molecule has 0 aliphatic carbocycles. The van der Waals surface area contributed by atoms with Crippen LogP contribution in [-0.2, 0) is 0 Å². The molecule has 0 aromatic rings. The van der Waals surface area contributed by atoms with Crippen molar-refractivity contribution in [3.05, 3.63) is 0 Å². The van der Waals surface area contributed by atoms with Gasteiger partial charge in [0.2, 0.25) is 0 Å². The first-order chi connectivity index (χ1) is 7.11. The van der Waals surface area contributed by atoms with Crippen LogP contribution < -0.4 is 5.32 Å². The van der Waals surface area contributed by atoms with Crippen LogP contribution in [0.25, 0.3) is 0 Å². The fourth-order valence-corrected chi connectivity index (χ4v) is 1.32. The van der Waals surface area contributed by atoms with Crippen LogP contribution in [0, 0.1) is 0 Å². The van der Waals surface area contributed by atoms with Crippen molar-refractivity contribution in [3.8, 4) is 0 Å². The summed E-state index contributed by atoms with van der Waals surface area (Å²) in [7, 11) is 4.10. The van der Waals surface area contributed by atoms with E-state index in [0.29, 0.717) is 0 Å². The van der Waals surface area contributed by atoms with Crippen molar-refractivity contribution in [2.24, 2.45) is 0 Å². The average molecular weight is 215 g/mol. The maximum absolute atomic E-state index is 11.6. The number of amides is 2. The number of rotatable bonds is 7. The summed E-state index contributed by atoms with van der Waals surface area (Å²) in [5.41, 5.74) is 0. The molecule has 0 radical (unpaired) electrons. The molecule has 0 aliphatic heterocycles. The van der Waals surface area contributed by atoms with Crippen molar-refractivity contribution in [1.29, 1.82) is 0 Å². The summed E-state index contributed by atoms with van der Waals surface area (Å²) >= 11 is 0. The minimum absolute atomic E-state index is 0.0677. The highest BCUT2D eigenvalue weighted by Gasteiger charge is 2.09. The first kappa shape index (κ1) is 14.2. The Hall–Kier alpha value is -0.770. The maximum Gasteiger partial charge on any atom is 0.317 e. The minimum atomic E-state index is 0.0677. The highest BCUT2D eigenvalue weighted by atomic mass is 16.2. The van der Waals surface area contributed by atoms with Gasteiger partial charge in [-0.2, -0.15) is 0 Å². The number of carbonyl (C=O) groups excluding carboxylic acids is 1. The molecule has 0 heterocycles. The Morgan fingerprint density at radius 2 is 1.87 bits per heavy atom. The van der Waals surface area contributed by atoms with Gasteiger partial charge in [-0.05, 0) is 40.4 Å². The van der Waals surface area contributed by atoms with E-state index in [1.807, 2.05) is 25.9 Å². The third-order valence-corrected chi connectivity index (χ3v) is 2.23. The van der Waals surface area contributed by atoms with Crippen molar-refractivity contribution in [2.45, 2.75) is 26.7 Å². The van der Waals surface area contributed by atoms with Crippen molar-refractivity contribution in [2.75, 3.05) is 40.3 Å². The summed E-state index contributed by atoms with van der Waals surface area (Å²) in [5.74, 6) is 0. The summed E-state index contributed by atoms with van der Waals surface area (Å²) in [6.07, 6.45) is 2.02. The maximum atomic E-state index is 11.6. The molecule has 4 nitrogen and oxygen atoms in total. The quantitative estimate of drug-likeness (QED) is 0.696. The van der Waals surface area contributed by atoms with E-state index in [1.165, 1.54) is 0 Å². The second-order valence-corrected chi connectivity index (χ2v) is 3.97. The van der Waals surface area contributed by atoms with Gasteiger partial charge in [-0.3, -0.25) is 0 Å². The van der Waals surface area contributed by atoms with Crippen LogP contribution in [0.15, 0.2) is 0 Å². The molecule has 0 aromatic heterocycles. The number of hydrogen-bond acceptors (Lipinski definition) is 2. The number of carbonyl (C=O) groups is 1. The first-order valence-electron chi connectivity index (χ1n) is 5.79. The molecule has 0 atom stereocenters. The second-order valence-electron chi connectivity index (χ2n) is 3.97. The van der Waals surface area contributed by atoms with Crippen LogP contribution in [0.1, 0.15) is 26.7 Å². The predicted octanol–water partition coefficient (Wildman–Crippen LogP) is 1.38. The van der Waals surface area contributed by atoms with E-state index in [9.17, 15) is 4.79 Å². The molecule has 0 saturated carbocycles. The lowest BCUT2D eigenvalue weighted by atomic mass is 10.3. The van der Waals surface area contributed by atoms with Gasteiger partial charge in [0, 0.05) is 19.6 Å². The molecule has 90 valence electrons. The molecule has 4 heteroatoms. The molecule has 0 saturated heterocycles. The highest BCUT2D eigenvalue weighted by molar-refractivity contribution is 5.74. The zero-order valence-electron chi connectivity index (χ0n) is 10.5. The van der Waals surface area contributed by atoms with E-state index >= 15 is 0 Å². The van der Waals surface area contributed by atoms with E-state index in [-0.39, 0.29) is 6.03 Å². The van der Waals surface area contributed by atoms with Gasteiger partial charge in [0.25, 0.3) is 0 Å². The second kappa shape index (κ2) is 8.53. The molecule has 1 N–H and O–H groups in total. The summed E-state index contributed by atoms with van der Waals surface area (Å²) in [4.78, 5) is 15.6. The van der Waals surface area contributed by atoms with Gasteiger partial charge < -0.3 is 15.1 Å². The monoisotopic (exact) mass is 215 g/mol. The third-order valence-electron chi connectivity index (χ3n) is 2.23. The van der Waals surface area contributed by atoms with E-state index in [4.69, 9.17) is 0 Å². The lowest BCUT2D eigenvalue weighted by Crippen LogP contribution is -2.41. The molecular weight excluding hydrogens is 190 g/mol. The molecule has 0 unspecified atom stereocenters. The zero-order chi connectivity index (χ0) is 11.7. The first-order valence-corrected chi connectivity index (χ1v) is 5.79. The Labute approximate surface area is 93.6 Å².